The van der Waals surface area contributed by atoms with E-state index in [-0.39, 0.29) is 100.0 Å². The summed E-state index contributed by atoms with van der Waals surface area (Å²) in [5, 5.41) is 19.4. The number of likely N-dealkylation sites (N-methyl/N-ethyl adjacent to an activating group) is 3. The van der Waals surface area contributed by atoms with Gasteiger partial charge in [0.25, 0.3) is 23.0 Å². The Labute approximate surface area is 543 Å². The normalized spacial score (nSPS) is 25.2. The minimum Gasteiger partial charge on any atom is -0.495 e. The van der Waals surface area contributed by atoms with E-state index in [4.69, 9.17) is 49.5 Å². The number of methoxy groups -OCH3 is 2. The minimum atomic E-state index is -1.86. The largest absolute Gasteiger partial charge is 0.495 e. The Balaban J connectivity index is 0.927. The molecule has 9 atom stereocenters. The first-order chi connectivity index (χ1) is 43.7. The molecule has 0 radical (unpaired) electrons. The third-order valence-electron chi connectivity index (χ3n) is 16.9. The number of benzene rings is 2. The molecule has 7 rings (SSSR count). The van der Waals surface area contributed by atoms with Gasteiger partial charge in [-0.3, -0.25) is 44.3 Å². The van der Waals surface area contributed by atoms with E-state index in [9.17, 15) is 53.1 Å². The lowest BCUT2D eigenvalue weighted by atomic mass is 9.83. The van der Waals surface area contributed by atoms with E-state index < -0.39 is 107 Å². The van der Waals surface area contributed by atoms with E-state index in [0.717, 1.165) is 40.0 Å². The number of carbonyl (C=O) groups is 10. The third-order valence-corrected chi connectivity index (χ3v) is 18.2. The van der Waals surface area contributed by atoms with Gasteiger partial charge in [-0.15, -0.1) is 0 Å². The van der Waals surface area contributed by atoms with Crippen LogP contribution in [0, 0.1) is 17.3 Å². The Bertz CT molecular complexity index is 3240. The molecule has 0 aromatic heterocycles. The first-order valence-corrected chi connectivity index (χ1v) is 31.2. The molecule has 1 saturated carbocycles. The molecule has 2 aromatic rings. The van der Waals surface area contributed by atoms with Crippen LogP contribution < -0.4 is 25.6 Å². The van der Waals surface area contributed by atoms with Crippen LogP contribution in [0.25, 0.3) is 0 Å². The van der Waals surface area contributed by atoms with Crippen LogP contribution in [0.15, 0.2) is 78.4 Å². The smallest absolute Gasteiger partial charge is 0.412 e. The lowest BCUT2D eigenvalue weighted by Crippen LogP contribution is -2.63. The summed E-state index contributed by atoms with van der Waals surface area (Å²) in [5.74, 6) is -3.78. The van der Waals surface area contributed by atoms with Crippen molar-refractivity contribution in [3.63, 3.8) is 0 Å². The zero-order valence-electron chi connectivity index (χ0n) is 53.2. The highest BCUT2D eigenvalue weighted by Crippen LogP contribution is 2.61. The van der Waals surface area contributed by atoms with Crippen molar-refractivity contribution in [2.45, 2.75) is 103 Å². The first-order valence-electron chi connectivity index (χ1n) is 29.8. The standard InChI is InChI=1S/C63H81ClN8O19S/c1-37-13-11-15-49(85-10)63(83)33-48(90-59(80)67-63)38(2)44-32-62(44,4)50(31-54(76)71(8)46-29-41(27-37)30-47(84-9)55(46)64)91-57(78)39(3)70(7)51(73)20-26-92-61(82)69(6)24-23-68(5)60(81)88-34-40-16-17-45(66-58(79)89-42-14-12-25-86-36-87-35-42)43(28-40)56(77)65-21-22-72-52(74)18-19-53(72)75/h11-19,28-30,38-39,42,44,48-50,83H,20-27,31-36H2,1-10H3,(H,65,77)(H,66,79)(H,67,80)/b14-12?,15-11+,37-13+/t38-,39-,42?,44-,48-,49+,50-,62+,63-/m0/s1. The minimum absolute atomic E-state index is 0.00476. The van der Waals surface area contributed by atoms with E-state index in [1.807, 2.05) is 26.8 Å². The van der Waals surface area contributed by atoms with Gasteiger partial charge in [-0.05, 0) is 80.0 Å². The highest BCUT2D eigenvalue weighted by Gasteiger charge is 2.62. The number of imide groups is 1. The highest BCUT2D eigenvalue weighted by molar-refractivity contribution is 8.13. The number of carbonyl (C=O) groups excluding carboxylic acids is 10. The number of allylic oxidation sites excluding steroid dienone is 3. The van der Waals surface area contributed by atoms with Crippen molar-refractivity contribution in [3.8, 4) is 5.75 Å². The molecular formula is C63H81ClN8O19S. The number of hydrogen-bond donors (Lipinski definition) is 4. The summed E-state index contributed by atoms with van der Waals surface area (Å²) in [6.45, 7) is 6.96. The van der Waals surface area contributed by atoms with Gasteiger partial charge in [-0.25, -0.2) is 19.2 Å². The Kier molecular flexibility index (Phi) is 24.9. The fourth-order valence-electron chi connectivity index (χ4n) is 11.0. The van der Waals surface area contributed by atoms with Gasteiger partial charge in [0.2, 0.25) is 11.8 Å². The molecule has 2 fully saturated rings. The molecule has 1 saturated heterocycles. The quantitative estimate of drug-likeness (QED) is 0.0546. The Morgan fingerprint density at radius 2 is 1.70 bits per heavy atom. The third kappa shape index (κ3) is 18.4. The molecule has 4 heterocycles. The van der Waals surface area contributed by atoms with Crippen LogP contribution in [0.2, 0.25) is 5.02 Å². The zero-order valence-corrected chi connectivity index (χ0v) is 54.8. The summed E-state index contributed by atoms with van der Waals surface area (Å²) < 4.78 is 44.9. The fourth-order valence-corrected chi connectivity index (χ4v) is 12.1. The molecule has 4 N–H and O–H groups in total. The molecule has 2 aromatic carbocycles. The van der Waals surface area contributed by atoms with Crippen molar-refractivity contribution < 1.29 is 90.9 Å². The van der Waals surface area contributed by atoms with E-state index in [1.165, 1.54) is 80.1 Å². The van der Waals surface area contributed by atoms with Crippen LogP contribution in [-0.4, -0.2) is 214 Å². The van der Waals surface area contributed by atoms with Crippen LogP contribution in [-0.2, 0) is 70.2 Å². The first kappa shape index (κ1) is 71.4. The summed E-state index contributed by atoms with van der Waals surface area (Å²) in [6.07, 6.45) is 4.98. The zero-order chi connectivity index (χ0) is 67.2. The van der Waals surface area contributed by atoms with Crippen LogP contribution in [0.5, 0.6) is 5.75 Å². The second-order valence-corrected chi connectivity index (χ2v) is 24.8. The molecule has 4 aliphatic heterocycles. The van der Waals surface area contributed by atoms with Crippen molar-refractivity contribution in [1.82, 2.24) is 30.2 Å². The van der Waals surface area contributed by atoms with Gasteiger partial charge in [0.1, 0.15) is 54.6 Å². The van der Waals surface area contributed by atoms with Gasteiger partial charge in [0.15, 0.2) is 5.72 Å². The van der Waals surface area contributed by atoms with Gasteiger partial charge < -0.3 is 67.9 Å². The van der Waals surface area contributed by atoms with Crippen LogP contribution in [0.3, 0.4) is 0 Å². The maximum atomic E-state index is 14.5. The Hall–Kier alpha value is -8.02. The van der Waals surface area contributed by atoms with Crippen molar-refractivity contribution >= 4 is 93.8 Å². The number of alkyl carbamates (subject to hydrolysis) is 1. The Morgan fingerprint density at radius 3 is 2.41 bits per heavy atom. The number of nitrogens with zero attached hydrogens (tertiary/aromatic N) is 5. The summed E-state index contributed by atoms with van der Waals surface area (Å²) in [4.78, 5) is 139. The number of esters is 1. The number of anilines is 2. The predicted octanol–water partition coefficient (Wildman–Crippen LogP) is 5.96. The van der Waals surface area contributed by atoms with E-state index in [0.29, 0.717) is 29.8 Å². The number of ether oxygens (including phenoxy) is 8. The van der Waals surface area contributed by atoms with Crippen LogP contribution >= 0.6 is 23.4 Å². The van der Waals surface area contributed by atoms with Crippen LogP contribution in [0.4, 0.5) is 30.6 Å². The summed E-state index contributed by atoms with van der Waals surface area (Å²) >= 11 is 7.71. The van der Waals surface area contributed by atoms with Gasteiger partial charge in [0.05, 0.1) is 43.7 Å². The molecule has 9 amide bonds. The predicted molar refractivity (Wildman–Crippen MR) is 336 cm³/mol. The number of aliphatic hydroxyl groups is 1. The molecular weight excluding hydrogens is 1240 g/mol. The van der Waals surface area contributed by atoms with Gasteiger partial charge in [-0.1, -0.05) is 73.2 Å². The number of rotatable bonds is 19. The van der Waals surface area contributed by atoms with Crippen LogP contribution in [0.1, 0.15) is 74.9 Å². The number of hydrogen-bond acceptors (Lipinski definition) is 20. The van der Waals surface area contributed by atoms with Gasteiger partial charge in [-0.2, -0.15) is 0 Å². The average molecular weight is 1320 g/mol. The van der Waals surface area contributed by atoms with Crippen molar-refractivity contribution in [2.24, 2.45) is 17.3 Å². The molecule has 92 heavy (non-hydrogen) atoms. The van der Waals surface area contributed by atoms with E-state index in [2.05, 4.69) is 16.0 Å². The lowest BCUT2D eigenvalue weighted by molar-refractivity contribution is -0.163. The molecule has 27 nitrogen and oxygen atoms in total. The molecule has 500 valence electrons. The summed E-state index contributed by atoms with van der Waals surface area (Å²) in [6, 6.07) is 6.73. The van der Waals surface area contributed by atoms with Gasteiger partial charge >= 0.3 is 24.2 Å². The maximum Gasteiger partial charge on any atom is 0.412 e. The maximum absolute atomic E-state index is 14.5. The number of nitrogens with one attached hydrogen (secondary N) is 3. The molecule has 0 spiro atoms. The molecule has 29 heteroatoms. The summed E-state index contributed by atoms with van der Waals surface area (Å²) in [7, 11) is 8.87. The topological polar surface area (TPSA) is 317 Å². The van der Waals surface area contributed by atoms with E-state index in [1.54, 1.807) is 43.5 Å². The molecule has 5 aliphatic rings. The SMILES string of the molecule is COc1cc2cc(c1Cl)N(C)C(=O)C[C@H](OC(=O)[C@H](C)N(C)C(=O)CCSC(=O)N(C)CCN(C)C(=O)OCc1ccc(NC(=O)OC3C=CCOCOC3)c(C(=O)NCCN3C(=O)C=CC3=O)c1)[C@]1(C)C[C@H]1[C@H](C)[C@@H]1C[C@@](O)(NC(=O)O1)[C@H](OC)/C=C/C=C(\C)C2. The summed E-state index contributed by atoms with van der Waals surface area (Å²) in [5.41, 5.74) is -0.350. The highest BCUT2D eigenvalue weighted by atomic mass is 35.5. The second-order valence-electron chi connectivity index (χ2n) is 23.4. The van der Waals surface area contributed by atoms with Crippen molar-refractivity contribution in [2.75, 3.05) is 105 Å². The second kappa shape index (κ2) is 32.0. The molecule has 1 unspecified atom stereocenters. The molecule has 1 aliphatic carbocycles. The monoisotopic (exact) mass is 1320 g/mol. The molecule has 4 bridgehead atoms. The number of amides is 9. The average Bonchev–Trinajstić information content (AvgIpc) is 1.56. The van der Waals surface area contributed by atoms with E-state index >= 15 is 0 Å². The van der Waals surface area contributed by atoms with Gasteiger partial charge in [0, 0.05) is 97.6 Å². The van der Waals surface area contributed by atoms with Crippen molar-refractivity contribution in [1.29, 1.82) is 0 Å². The van der Waals surface area contributed by atoms with Crippen molar-refractivity contribution in [3.05, 3.63) is 100 Å². The number of fused-ring (bicyclic) bond motifs is 5. The Morgan fingerprint density at radius 1 is 0.967 bits per heavy atom. The fraction of sp³-hybridized carbons (Fsp3) is 0.524. The number of halogens is 1. The number of thioether (sulfide) groups is 1. The lowest BCUT2D eigenvalue weighted by Gasteiger charge is -2.42.